The molecule has 1 aromatic heterocycles. The Balaban J connectivity index is 3.37. The predicted molar refractivity (Wildman–Crippen MR) is 45.1 cm³/mol. The third-order valence-corrected chi connectivity index (χ3v) is 1.58. The lowest BCUT2D eigenvalue weighted by Gasteiger charge is -2.01. The Morgan fingerprint density at radius 1 is 1.62 bits per heavy atom. The number of carbonyl (C=O) groups is 1. The van der Waals surface area contributed by atoms with E-state index in [4.69, 9.17) is 0 Å². The summed E-state index contributed by atoms with van der Waals surface area (Å²) in [6, 6.07) is 1.29. The molecule has 1 heterocycles. The highest BCUT2D eigenvalue weighted by Crippen LogP contribution is 2.02. The lowest BCUT2D eigenvalue weighted by atomic mass is 10.2. The van der Waals surface area contributed by atoms with Gasteiger partial charge in [-0.05, 0) is 13.0 Å². The lowest BCUT2D eigenvalue weighted by Crippen LogP contribution is -2.24. The number of rotatable bonds is 1. The minimum absolute atomic E-state index is 0.233. The number of aromatic amines is 1. The van der Waals surface area contributed by atoms with E-state index in [1.165, 1.54) is 13.1 Å². The van der Waals surface area contributed by atoms with E-state index >= 15 is 0 Å². The molecule has 2 N–H and O–H groups in total. The molecular formula is C8H9FN2O2. The van der Waals surface area contributed by atoms with Crippen LogP contribution in [0.15, 0.2) is 10.9 Å². The molecule has 0 aliphatic heterocycles. The molecule has 0 spiro atoms. The van der Waals surface area contributed by atoms with Gasteiger partial charge in [-0.25, -0.2) is 4.39 Å². The van der Waals surface area contributed by atoms with Gasteiger partial charge in [0.05, 0.1) is 5.56 Å². The van der Waals surface area contributed by atoms with Gasteiger partial charge < -0.3 is 10.3 Å². The number of H-pyrrole nitrogens is 1. The summed E-state index contributed by atoms with van der Waals surface area (Å²) in [5.41, 5.74) is -0.660. The van der Waals surface area contributed by atoms with Crippen molar-refractivity contribution in [2.24, 2.45) is 0 Å². The Hall–Kier alpha value is -1.65. The maximum absolute atomic E-state index is 13.0. The van der Waals surface area contributed by atoms with Crippen molar-refractivity contribution < 1.29 is 9.18 Å². The molecule has 1 amide bonds. The molecule has 0 aliphatic rings. The summed E-state index contributed by atoms with van der Waals surface area (Å²) in [6.07, 6.45) is 0. The summed E-state index contributed by atoms with van der Waals surface area (Å²) in [5.74, 6) is -1.66. The summed E-state index contributed by atoms with van der Waals surface area (Å²) in [5, 5.41) is 2.24. The van der Waals surface area contributed by atoms with Gasteiger partial charge in [0.2, 0.25) is 5.82 Å². The highest BCUT2D eigenvalue weighted by atomic mass is 19.1. The third-order valence-electron chi connectivity index (χ3n) is 1.58. The van der Waals surface area contributed by atoms with E-state index in [0.29, 0.717) is 5.69 Å². The number of carbonyl (C=O) groups excluding carboxylic acids is 1. The first kappa shape index (κ1) is 9.44. The van der Waals surface area contributed by atoms with Crippen LogP contribution in [0.1, 0.15) is 16.1 Å². The van der Waals surface area contributed by atoms with Crippen molar-refractivity contribution in [2.45, 2.75) is 6.92 Å². The molecule has 0 saturated carbocycles. The molecule has 0 saturated heterocycles. The Morgan fingerprint density at radius 3 is 2.77 bits per heavy atom. The fourth-order valence-electron chi connectivity index (χ4n) is 0.972. The monoisotopic (exact) mass is 184 g/mol. The topological polar surface area (TPSA) is 62.0 Å². The van der Waals surface area contributed by atoms with Gasteiger partial charge in [0, 0.05) is 12.7 Å². The number of aromatic nitrogens is 1. The molecular weight excluding hydrogens is 175 g/mol. The van der Waals surface area contributed by atoms with Gasteiger partial charge in [0.25, 0.3) is 11.5 Å². The molecule has 0 atom stereocenters. The van der Waals surface area contributed by atoms with Gasteiger partial charge in [-0.15, -0.1) is 0 Å². The highest BCUT2D eigenvalue weighted by molar-refractivity contribution is 5.94. The molecule has 0 aromatic carbocycles. The zero-order valence-electron chi connectivity index (χ0n) is 7.27. The molecule has 0 aliphatic carbocycles. The minimum Gasteiger partial charge on any atom is -0.355 e. The minimum atomic E-state index is -1.05. The smallest absolute Gasteiger partial charge is 0.284 e. The number of pyridine rings is 1. The zero-order valence-corrected chi connectivity index (χ0v) is 7.27. The first-order valence-electron chi connectivity index (χ1n) is 3.67. The second-order valence-corrected chi connectivity index (χ2v) is 2.59. The van der Waals surface area contributed by atoms with Crippen molar-refractivity contribution in [3.63, 3.8) is 0 Å². The Bertz CT molecular complexity index is 398. The first-order chi connectivity index (χ1) is 6.06. The molecule has 70 valence electrons. The summed E-state index contributed by atoms with van der Waals surface area (Å²) in [7, 11) is 1.37. The third kappa shape index (κ3) is 1.74. The van der Waals surface area contributed by atoms with E-state index in [-0.39, 0.29) is 5.56 Å². The van der Waals surface area contributed by atoms with E-state index in [1.54, 1.807) is 6.92 Å². The lowest BCUT2D eigenvalue weighted by molar-refractivity contribution is 0.0958. The highest BCUT2D eigenvalue weighted by Gasteiger charge is 2.13. The van der Waals surface area contributed by atoms with Crippen LogP contribution in [0.3, 0.4) is 0 Å². The van der Waals surface area contributed by atoms with Crippen LogP contribution in [0.2, 0.25) is 0 Å². The number of hydrogen-bond acceptors (Lipinski definition) is 2. The van der Waals surface area contributed by atoms with E-state index in [9.17, 15) is 14.0 Å². The van der Waals surface area contributed by atoms with Gasteiger partial charge in [0.1, 0.15) is 0 Å². The maximum Gasteiger partial charge on any atom is 0.284 e. The first-order valence-corrected chi connectivity index (χ1v) is 3.67. The molecule has 5 heteroatoms. The van der Waals surface area contributed by atoms with E-state index in [0.717, 1.165) is 0 Å². The Morgan fingerprint density at radius 2 is 2.23 bits per heavy atom. The van der Waals surface area contributed by atoms with Crippen LogP contribution >= 0.6 is 0 Å². The molecule has 0 radical (unpaired) electrons. The molecule has 1 rings (SSSR count). The maximum atomic E-state index is 13.0. The van der Waals surface area contributed by atoms with E-state index in [1.807, 2.05) is 0 Å². The van der Waals surface area contributed by atoms with Crippen LogP contribution in [0.4, 0.5) is 4.39 Å². The predicted octanol–water partition coefficient (Wildman–Crippen LogP) is 0.182. The van der Waals surface area contributed by atoms with Gasteiger partial charge in [-0.1, -0.05) is 0 Å². The van der Waals surface area contributed by atoms with Crippen molar-refractivity contribution in [1.29, 1.82) is 0 Å². The quantitative estimate of drug-likeness (QED) is 0.654. The van der Waals surface area contributed by atoms with Crippen molar-refractivity contribution >= 4 is 5.91 Å². The van der Waals surface area contributed by atoms with Crippen LogP contribution in [0, 0.1) is 12.7 Å². The Labute approximate surface area is 73.8 Å². The van der Waals surface area contributed by atoms with Gasteiger partial charge in [-0.3, -0.25) is 9.59 Å². The molecule has 0 bridgehead atoms. The van der Waals surface area contributed by atoms with Crippen molar-refractivity contribution in [1.82, 2.24) is 10.3 Å². The SMILES string of the molecule is CNC(=O)c1cc(C)[nH]c(=O)c1F. The van der Waals surface area contributed by atoms with Crippen molar-refractivity contribution in [2.75, 3.05) is 7.05 Å². The van der Waals surface area contributed by atoms with Crippen LogP contribution in [-0.2, 0) is 0 Å². The fraction of sp³-hybridized carbons (Fsp3) is 0.250. The summed E-state index contributed by atoms with van der Waals surface area (Å²) >= 11 is 0. The zero-order chi connectivity index (χ0) is 10.0. The largest absolute Gasteiger partial charge is 0.355 e. The molecule has 0 fully saturated rings. The fourth-order valence-corrected chi connectivity index (χ4v) is 0.972. The molecule has 1 aromatic rings. The van der Waals surface area contributed by atoms with Crippen molar-refractivity contribution in [3.8, 4) is 0 Å². The summed E-state index contributed by atoms with van der Waals surface area (Å²) < 4.78 is 13.0. The van der Waals surface area contributed by atoms with Crippen molar-refractivity contribution in [3.05, 3.63) is 33.5 Å². The molecule has 4 nitrogen and oxygen atoms in total. The molecule has 13 heavy (non-hydrogen) atoms. The van der Waals surface area contributed by atoms with Gasteiger partial charge >= 0.3 is 0 Å². The summed E-state index contributed by atoms with van der Waals surface area (Å²) in [4.78, 5) is 24.2. The van der Waals surface area contributed by atoms with Crippen LogP contribution < -0.4 is 10.9 Å². The second-order valence-electron chi connectivity index (χ2n) is 2.59. The van der Waals surface area contributed by atoms with Crippen LogP contribution in [-0.4, -0.2) is 17.9 Å². The summed E-state index contributed by atoms with van der Waals surface area (Å²) in [6.45, 7) is 1.58. The Kier molecular flexibility index (Phi) is 2.46. The number of aryl methyl sites for hydroxylation is 1. The number of hydrogen-bond donors (Lipinski definition) is 2. The van der Waals surface area contributed by atoms with Gasteiger partial charge in [0.15, 0.2) is 0 Å². The van der Waals surface area contributed by atoms with E-state index < -0.39 is 17.3 Å². The molecule has 0 unspecified atom stereocenters. The number of amides is 1. The van der Waals surface area contributed by atoms with Crippen LogP contribution in [0.25, 0.3) is 0 Å². The number of nitrogens with one attached hydrogen (secondary N) is 2. The van der Waals surface area contributed by atoms with Crippen LogP contribution in [0.5, 0.6) is 0 Å². The average molecular weight is 184 g/mol. The van der Waals surface area contributed by atoms with Gasteiger partial charge in [-0.2, -0.15) is 0 Å². The normalized spacial score (nSPS) is 9.77. The standard InChI is InChI=1S/C8H9FN2O2/c1-4-3-5(7(12)10-2)6(9)8(13)11-4/h3H,1-2H3,(H,10,12)(H,11,13). The average Bonchev–Trinajstić information content (AvgIpc) is 2.10. The second kappa shape index (κ2) is 3.38. The number of halogens is 1. The van der Waals surface area contributed by atoms with E-state index in [2.05, 4.69) is 10.3 Å².